The summed E-state index contributed by atoms with van der Waals surface area (Å²) in [7, 11) is 0. The predicted octanol–water partition coefficient (Wildman–Crippen LogP) is 4.25. The SMILES string of the molecule is CC(C)N1CC[C@H](C(F)F)C[C@@H]1c1ccc(F)cc1. The number of rotatable bonds is 3. The summed E-state index contributed by atoms with van der Waals surface area (Å²) in [6.07, 6.45) is -1.29. The summed E-state index contributed by atoms with van der Waals surface area (Å²) in [5.41, 5.74) is 0.931. The Morgan fingerprint density at radius 3 is 2.32 bits per heavy atom. The van der Waals surface area contributed by atoms with Crippen molar-refractivity contribution in [2.75, 3.05) is 6.54 Å². The van der Waals surface area contributed by atoms with Crippen LogP contribution in [0.1, 0.15) is 38.3 Å². The summed E-state index contributed by atoms with van der Waals surface area (Å²) in [5.74, 6) is -0.842. The number of benzene rings is 1. The molecule has 0 bridgehead atoms. The smallest absolute Gasteiger partial charge is 0.241 e. The highest BCUT2D eigenvalue weighted by Gasteiger charge is 2.34. The minimum atomic E-state index is -2.27. The lowest BCUT2D eigenvalue weighted by atomic mass is 9.86. The van der Waals surface area contributed by atoms with Crippen LogP contribution in [-0.2, 0) is 0 Å². The molecule has 0 saturated carbocycles. The zero-order valence-corrected chi connectivity index (χ0v) is 11.3. The highest BCUT2D eigenvalue weighted by molar-refractivity contribution is 5.21. The molecule has 0 spiro atoms. The Hall–Kier alpha value is -1.03. The van der Waals surface area contributed by atoms with E-state index in [9.17, 15) is 13.2 Å². The van der Waals surface area contributed by atoms with Gasteiger partial charge in [0.2, 0.25) is 6.43 Å². The topological polar surface area (TPSA) is 3.24 Å². The van der Waals surface area contributed by atoms with Crippen LogP contribution >= 0.6 is 0 Å². The Balaban J connectivity index is 2.22. The van der Waals surface area contributed by atoms with Gasteiger partial charge in [-0.2, -0.15) is 0 Å². The molecule has 0 amide bonds. The number of nitrogens with zero attached hydrogens (tertiary/aromatic N) is 1. The quantitative estimate of drug-likeness (QED) is 0.794. The summed E-state index contributed by atoms with van der Waals surface area (Å²) in [5, 5.41) is 0. The molecule has 4 heteroatoms. The van der Waals surface area contributed by atoms with Crippen LogP contribution in [0.25, 0.3) is 0 Å². The zero-order chi connectivity index (χ0) is 14.0. The van der Waals surface area contributed by atoms with E-state index in [1.165, 1.54) is 12.1 Å². The molecule has 0 aromatic heterocycles. The van der Waals surface area contributed by atoms with Crippen LogP contribution in [0.15, 0.2) is 24.3 Å². The normalized spacial score (nSPS) is 25.2. The molecule has 1 fully saturated rings. The van der Waals surface area contributed by atoms with Crippen LogP contribution in [-0.4, -0.2) is 23.9 Å². The molecule has 106 valence electrons. The molecule has 19 heavy (non-hydrogen) atoms. The van der Waals surface area contributed by atoms with E-state index in [2.05, 4.69) is 18.7 Å². The third kappa shape index (κ3) is 3.30. The molecular formula is C15H20F3N. The predicted molar refractivity (Wildman–Crippen MR) is 69.7 cm³/mol. The van der Waals surface area contributed by atoms with Gasteiger partial charge >= 0.3 is 0 Å². The van der Waals surface area contributed by atoms with Crippen molar-refractivity contribution in [2.45, 2.75) is 45.2 Å². The summed E-state index contributed by atoms with van der Waals surface area (Å²) < 4.78 is 38.8. The van der Waals surface area contributed by atoms with Crippen LogP contribution in [0.4, 0.5) is 13.2 Å². The number of hydrogen-bond donors (Lipinski definition) is 0. The summed E-state index contributed by atoms with van der Waals surface area (Å²) in [6.45, 7) is 4.81. The molecular weight excluding hydrogens is 251 g/mol. The van der Waals surface area contributed by atoms with E-state index in [4.69, 9.17) is 0 Å². The molecule has 0 aliphatic carbocycles. The Labute approximate surface area is 112 Å². The maximum atomic E-state index is 13.0. The van der Waals surface area contributed by atoms with Crippen LogP contribution < -0.4 is 0 Å². The minimum absolute atomic E-state index is 0.0339. The number of halogens is 3. The number of likely N-dealkylation sites (tertiary alicyclic amines) is 1. The van der Waals surface area contributed by atoms with Crippen LogP contribution in [0.5, 0.6) is 0 Å². The van der Waals surface area contributed by atoms with Gasteiger partial charge in [0.05, 0.1) is 0 Å². The molecule has 1 aliphatic heterocycles. The van der Waals surface area contributed by atoms with E-state index in [1.807, 2.05) is 0 Å². The van der Waals surface area contributed by atoms with Gasteiger partial charge < -0.3 is 0 Å². The molecule has 2 rings (SSSR count). The third-order valence-electron chi connectivity index (χ3n) is 3.96. The molecule has 0 unspecified atom stereocenters. The van der Waals surface area contributed by atoms with Gasteiger partial charge in [0, 0.05) is 18.0 Å². The molecule has 1 heterocycles. The van der Waals surface area contributed by atoms with Gasteiger partial charge in [-0.25, -0.2) is 13.2 Å². The van der Waals surface area contributed by atoms with Gasteiger partial charge in [0.1, 0.15) is 5.82 Å². The first kappa shape index (κ1) is 14.4. The number of alkyl halides is 2. The lowest BCUT2D eigenvalue weighted by Gasteiger charge is -2.42. The molecule has 1 aromatic rings. The maximum Gasteiger partial charge on any atom is 0.241 e. The molecule has 0 radical (unpaired) electrons. The van der Waals surface area contributed by atoms with Gasteiger partial charge in [0.25, 0.3) is 0 Å². The van der Waals surface area contributed by atoms with E-state index in [-0.39, 0.29) is 11.9 Å². The highest BCUT2D eigenvalue weighted by Crippen LogP contribution is 2.37. The molecule has 1 saturated heterocycles. The van der Waals surface area contributed by atoms with Crippen LogP contribution in [0.2, 0.25) is 0 Å². The molecule has 1 nitrogen and oxygen atoms in total. The second-order valence-corrected chi connectivity index (χ2v) is 5.52. The lowest BCUT2D eigenvalue weighted by molar-refractivity contribution is -0.000513. The average Bonchev–Trinajstić information content (AvgIpc) is 2.38. The fourth-order valence-electron chi connectivity index (χ4n) is 2.87. The van der Waals surface area contributed by atoms with Crippen molar-refractivity contribution in [1.82, 2.24) is 4.90 Å². The second kappa shape index (κ2) is 5.95. The monoisotopic (exact) mass is 271 g/mol. The standard InChI is InChI=1S/C15H20F3N/c1-10(2)19-8-7-12(15(17)18)9-14(19)11-3-5-13(16)6-4-11/h3-6,10,12,14-15H,7-9H2,1-2H3/t12-,14+/m0/s1. The fourth-order valence-corrected chi connectivity index (χ4v) is 2.87. The lowest BCUT2D eigenvalue weighted by Crippen LogP contribution is -2.42. The van der Waals surface area contributed by atoms with E-state index >= 15 is 0 Å². The largest absolute Gasteiger partial charge is 0.294 e. The van der Waals surface area contributed by atoms with Crippen LogP contribution in [0.3, 0.4) is 0 Å². The van der Waals surface area contributed by atoms with Crippen molar-refractivity contribution in [3.8, 4) is 0 Å². The van der Waals surface area contributed by atoms with Crippen molar-refractivity contribution >= 4 is 0 Å². The molecule has 2 atom stereocenters. The Kier molecular flexibility index (Phi) is 4.50. The second-order valence-electron chi connectivity index (χ2n) is 5.52. The van der Waals surface area contributed by atoms with Crippen molar-refractivity contribution in [2.24, 2.45) is 5.92 Å². The van der Waals surface area contributed by atoms with E-state index in [0.29, 0.717) is 25.4 Å². The number of hydrogen-bond acceptors (Lipinski definition) is 1. The maximum absolute atomic E-state index is 13.0. The van der Waals surface area contributed by atoms with Gasteiger partial charge in [-0.3, -0.25) is 4.90 Å². The van der Waals surface area contributed by atoms with Crippen molar-refractivity contribution in [3.63, 3.8) is 0 Å². The Morgan fingerprint density at radius 2 is 1.79 bits per heavy atom. The Morgan fingerprint density at radius 1 is 1.16 bits per heavy atom. The van der Waals surface area contributed by atoms with E-state index in [1.54, 1.807) is 12.1 Å². The van der Waals surface area contributed by atoms with Gasteiger partial charge in [0.15, 0.2) is 0 Å². The first-order valence-corrected chi connectivity index (χ1v) is 6.78. The Bertz CT molecular complexity index is 402. The fraction of sp³-hybridized carbons (Fsp3) is 0.600. The van der Waals surface area contributed by atoms with Crippen molar-refractivity contribution in [3.05, 3.63) is 35.6 Å². The summed E-state index contributed by atoms with van der Waals surface area (Å²) in [4.78, 5) is 2.23. The third-order valence-corrected chi connectivity index (χ3v) is 3.96. The van der Waals surface area contributed by atoms with Crippen molar-refractivity contribution in [1.29, 1.82) is 0 Å². The van der Waals surface area contributed by atoms with Gasteiger partial charge in [-0.1, -0.05) is 12.1 Å². The molecule has 1 aromatic carbocycles. The first-order chi connectivity index (χ1) is 8.99. The van der Waals surface area contributed by atoms with Crippen molar-refractivity contribution < 1.29 is 13.2 Å². The average molecular weight is 271 g/mol. The summed E-state index contributed by atoms with van der Waals surface area (Å²) in [6, 6.07) is 6.49. The first-order valence-electron chi connectivity index (χ1n) is 6.78. The summed E-state index contributed by atoms with van der Waals surface area (Å²) >= 11 is 0. The van der Waals surface area contributed by atoms with Crippen LogP contribution in [0, 0.1) is 11.7 Å². The molecule has 1 aliphatic rings. The van der Waals surface area contributed by atoms with E-state index < -0.39 is 12.3 Å². The zero-order valence-electron chi connectivity index (χ0n) is 11.3. The number of piperidine rings is 1. The minimum Gasteiger partial charge on any atom is -0.294 e. The van der Waals surface area contributed by atoms with Gasteiger partial charge in [-0.15, -0.1) is 0 Å². The molecule has 0 N–H and O–H groups in total. The van der Waals surface area contributed by atoms with Gasteiger partial charge in [-0.05, 0) is 50.9 Å². The van der Waals surface area contributed by atoms with E-state index in [0.717, 1.165) is 5.56 Å². The highest BCUT2D eigenvalue weighted by atomic mass is 19.3.